The summed E-state index contributed by atoms with van der Waals surface area (Å²) in [5.41, 5.74) is 1.52. The molecule has 0 aliphatic rings. The van der Waals surface area contributed by atoms with Gasteiger partial charge < -0.3 is 10.6 Å². The van der Waals surface area contributed by atoms with E-state index in [1.54, 1.807) is 12.1 Å². The molecule has 2 aromatic carbocycles. The van der Waals surface area contributed by atoms with E-state index in [9.17, 15) is 9.18 Å². The average molecular weight is 335 g/mol. The molecule has 0 aromatic heterocycles. The SMILES string of the molecule is CC(C)C(NCC(=O)Nc1cccc(F)c1)c1ccc(Cl)cc1. The molecule has 0 bridgehead atoms. The van der Waals surface area contributed by atoms with Crippen LogP contribution in [-0.4, -0.2) is 12.5 Å². The van der Waals surface area contributed by atoms with Crippen molar-refractivity contribution < 1.29 is 9.18 Å². The number of anilines is 1. The second kappa shape index (κ2) is 8.09. The van der Waals surface area contributed by atoms with Crippen LogP contribution in [0.15, 0.2) is 48.5 Å². The number of rotatable bonds is 6. The Hall–Kier alpha value is -1.91. The molecule has 2 rings (SSSR count). The van der Waals surface area contributed by atoms with Gasteiger partial charge in [-0.05, 0) is 41.8 Å². The van der Waals surface area contributed by atoms with Gasteiger partial charge in [-0.3, -0.25) is 4.79 Å². The lowest BCUT2D eigenvalue weighted by Crippen LogP contribution is -2.33. The molecule has 0 fully saturated rings. The van der Waals surface area contributed by atoms with Gasteiger partial charge in [-0.2, -0.15) is 0 Å². The van der Waals surface area contributed by atoms with Crippen molar-refractivity contribution in [2.45, 2.75) is 19.9 Å². The summed E-state index contributed by atoms with van der Waals surface area (Å²) >= 11 is 5.91. The fraction of sp³-hybridized carbons (Fsp3) is 0.278. The first-order chi connectivity index (χ1) is 11.0. The van der Waals surface area contributed by atoms with Gasteiger partial charge in [0.25, 0.3) is 0 Å². The topological polar surface area (TPSA) is 41.1 Å². The van der Waals surface area contributed by atoms with Crippen molar-refractivity contribution in [1.29, 1.82) is 0 Å². The van der Waals surface area contributed by atoms with Crippen molar-refractivity contribution in [2.24, 2.45) is 5.92 Å². The number of hydrogen-bond donors (Lipinski definition) is 2. The van der Waals surface area contributed by atoms with Crippen molar-refractivity contribution in [3.63, 3.8) is 0 Å². The van der Waals surface area contributed by atoms with E-state index in [0.717, 1.165) is 5.56 Å². The predicted octanol–water partition coefficient (Wildman–Crippen LogP) is 4.40. The van der Waals surface area contributed by atoms with Gasteiger partial charge in [0, 0.05) is 16.8 Å². The highest BCUT2D eigenvalue weighted by molar-refractivity contribution is 6.30. The highest BCUT2D eigenvalue weighted by Crippen LogP contribution is 2.23. The van der Waals surface area contributed by atoms with E-state index in [2.05, 4.69) is 24.5 Å². The zero-order chi connectivity index (χ0) is 16.8. The van der Waals surface area contributed by atoms with E-state index in [0.29, 0.717) is 16.6 Å². The maximum Gasteiger partial charge on any atom is 0.238 e. The number of nitrogens with one attached hydrogen (secondary N) is 2. The first kappa shape index (κ1) is 17.4. The fourth-order valence-corrected chi connectivity index (χ4v) is 2.51. The van der Waals surface area contributed by atoms with Crippen molar-refractivity contribution in [3.8, 4) is 0 Å². The monoisotopic (exact) mass is 334 g/mol. The molecule has 0 aliphatic carbocycles. The quantitative estimate of drug-likeness (QED) is 0.821. The lowest BCUT2D eigenvalue weighted by Gasteiger charge is -2.23. The van der Waals surface area contributed by atoms with Gasteiger partial charge in [0.15, 0.2) is 0 Å². The van der Waals surface area contributed by atoms with Crippen molar-refractivity contribution in [3.05, 3.63) is 64.9 Å². The van der Waals surface area contributed by atoms with E-state index in [4.69, 9.17) is 11.6 Å². The van der Waals surface area contributed by atoms with Crippen LogP contribution in [0, 0.1) is 11.7 Å². The molecule has 1 amide bonds. The van der Waals surface area contributed by atoms with Crippen molar-refractivity contribution >= 4 is 23.2 Å². The zero-order valence-electron chi connectivity index (χ0n) is 13.1. The van der Waals surface area contributed by atoms with Crippen LogP contribution in [0.3, 0.4) is 0 Å². The molecular formula is C18H20ClFN2O. The first-order valence-corrected chi connectivity index (χ1v) is 7.88. The Morgan fingerprint density at radius 3 is 2.48 bits per heavy atom. The molecule has 0 aliphatic heterocycles. The van der Waals surface area contributed by atoms with E-state index < -0.39 is 0 Å². The van der Waals surface area contributed by atoms with Gasteiger partial charge in [0.1, 0.15) is 5.82 Å². The average Bonchev–Trinajstić information content (AvgIpc) is 2.49. The summed E-state index contributed by atoms with van der Waals surface area (Å²) in [4.78, 5) is 12.0. The third-order valence-electron chi connectivity index (χ3n) is 3.49. The first-order valence-electron chi connectivity index (χ1n) is 7.50. The summed E-state index contributed by atoms with van der Waals surface area (Å²) < 4.78 is 13.1. The minimum atomic E-state index is -0.378. The standard InChI is InChI=1S/C18H20ClFN2O/c1-12(2)18(13-6-8-14(19)9-7-13)21-11-17(23)22-16-5-3-4-15(20)10-16/h3-10,12,18,21H,11H2,1-2H3,(H,22,23). The summed E-state index contributed by atoms with van der Waals surface area (Å²) in [5.74, 6) is -0.287. The number of hydrogen-bond acceptors (Lipinski definition) is 2. The van der Waals surface area contributed by atoms with Crippen molar-refractivity contribution in [1.82, 2.24) is 5.32 Å². The van der Waals surface area contributed by atoms with Gasteiger partial charge >= 0.3 is 0 Å². The molecule has 0 saturated carbocycles. The highest BCUT2D eigenvalue weighted by atomic mass is 35.5. The molecule has 5 heteroatoms. The Balaban J connectivity index is 1.96. The van der Waals surface area contributed by atoms with Crippen LogP contribution in [-0.2, 0) is 4.79 Å². The number of halogens is 2. The molecule has 0 spiro atoms. The predicted molar refractivity (Wildman–Crippen MR) is 92.1 cm³/mol. The van der Waals surface area contributed by atoms with Gasteiger partial charge in [0.2, 0.25) is 5.91 Å². The Morgan fingerprint density at radius 2 is 1.87 bits per heavy atom. The highest BCUT2D eigenvalue weighted by Gasteiger charge is 2.16. The molecule has 0 saturated heterocycles. The van der Waals surface area contributed by atoms with E-state index in [1.165, 1.54) is 12.1 Å². The second-order valence-electron chi connectivity index (χ2n) is 5.71. The number of carbonyl (C=O) groups excluding carboxylic acids is 1. The van der Waals surface area contributed by atoms with Crippen LogP contribution in [0.2, 0.25) is 5.02 Å². The maximum atomic E-state index is 13.1. The zero-order valence-corrected chi connectivity index (χ0v) is 13.9. The van der Waals surface area contributed by atoms with Gasteiger partial charge in [-0.1, -0.05) is 43.6 Å². The van der Waals surface area contributed by atoms with Crippen molar-refractivity contribution in [2.75, 3.05) is 11.9 Å². The third-order valence-corrected chi connectivity index (χ3v) is 3.74. The molecule has 2 N–H and O–H groups in total. The number of benzene rings is 2. The summed E-state index contributed by atoms with van der Waals surface area (Å²) in [6.07, 6.45) is 0. The largest absolute Gasteiger partial charge is 0.325 e. The fourth-order valence-electron chi connectivity index (χ4n) is 2.38. The van der Waals surface area contributed by atoms with E-state index in [1.807, 2.05) is 24.3 Å². The number of amides is 1. The summed E-state index contributed by atoms with van der Waals surface area (Å²) in [6.45, 7) is 4.30. The molecule has 0 heterocycles. The molecule has 3 nitrogen and oxygen atoms in total. The maximum absolute atomic E-state index is 13.1. The minimum absolute atomic E-state index is 0.0329. The molecule has 1 atom stereocenters. The molecular weight excluding hydrogens is 315 g/mol. The van der Waals surface area contributed by atoms with E-state index >= 15 is 0 Å². The Labute approximate surface area is 140 Å². The smallest absolute Gasteiger partial charge is 0.238 e. The molecule has 1 unspecified atom stereocenters. The molecule has 2 aromatic rings. The minimum Gasteiger partial charge on any atom is -0.325 e. The van der Waals surface area contributed by atoms with E-state index in [-0.39, 0.29) is 24.3 Å². The summed E-state index contributed by atoms with van der Waals surface area (Å²) in [5, 5.41) is 6.60. The summed E-state index contributed by atoms with van der Waals surface area (Å²) in [6, 6.07) is 13.4. The lowest BCUT2D eigenvalue weighted by molar-refractivity contribution is -0.115. The Bertz CT molecular complexity index is 658. The van der Waals surface area contributed by atoms with Gasteiger partial charge in [-0.15, -0.1) is 0 Å². The number of carbonyl (C=O) groups is 1. The lowest BCUT2D eigenvalue weighted by atomic mass is 9.96. The normalized spacial score (nSPS) is 12.2. The molecule has 122 valence electrons. The van der Waals surface area contributed by atoms with Crippen LogP contribution in [0.1, 0.15) is 25.5 Å². The van der Waals surface area contributed by atoms with Gasteiger partial charge in [-0.25, -0.2) is 4.39 Å². The van der Waals surface area contributed by atoms with Crippen LogP contribution in [0.5, 0.6) is 0 Å². The molecule has 23 heavy (non-hydrogen) atoms. The van der Waals surface area contributed by atoms with Crippen LogP contribution < -0.4 is 10.6 Å². The second-order valence-corrected chi connectivity index (χ2v) is 6.15. The third kappa shape index (κ3) is 5.34. The Morgan fingerprint density at radius 1 is 1.17 bits per heavy atom. The van der Waals surface area contributed by atoms with Gasteiger partial charge in [0.05, 0.1) is 6.54 Å². The van der Waals surface area contributed by atoms with Crippen LogP contribution in [0.4, 0.5) is 10.1 Å². The summed E-state index contributed by atoms with van der Waals surface area (Å²) in [7, 11) is 0. The van der Waals surface area contributed by atoms with Crippen LogP contribution >= 0.6 is 11.6 Å². The van der Waals surface area contributed by atoms with Crippen LogP contribution in [0.25, 0.3) is 0 Å². The molecule has 0 radical (unpaired) electrons. The Kier molecular flexibility index (Phi) is 6.13.